The highest BCUT2D eigenvalue weighted by Crippen LogP contribution is 2.27. The first-order chi connectivity index (χ1) is 16.8. The van der Waals surface area contributed by atoms with Crippen molar-refractivity contribution < 1.29 is 19.1 Å². The van der Waals surface area contributed by atoms with E-state index in [4.69, 9.17) is 4.74 Å². The molecule has 0 aliphatic rings. The van der Waals surface area contributed by atoms with Crippen LogP contribution in [0.3, 0.4) is 0 Å². The number of nitrogens with one attached hydrogen (secondary N) is 3. The molecular formula is C28H35N3O4. The first kappa shape index (κ1) is 26.0. The van der Waals surface area contributed by atoms with E-state index >= 15 is 0 Å². The van der Waals surface area contributed by atoms with Gasteiger partial charge in [-0.05, 0) is 69.0 Å². The topological polar surface area (TPSA) is 100 Å². The maximum atomic E-state index is 13.1. The molecule has 0 aliphatic carbocycles. The maximum absolute atomic E-state index is 13.1. The van der Waals surface area contributed by atoms with Gasteiger partial charge in [0.2, 0.25) is 11.8 Å². The number of carbonyl (C=O) groups is 3. The minimum atomic E-state index is -0.667. The van der Waals surface area contributed by atoms with Crippen LogP contribution in [-0.4, -0.2) is 35.7 Å². The Balaban J connectivity index is 1.72. The van der Waals surface area contributed by atoms with Gasteiger partial charge in [-0.2, -0.15) is 0 Å². The van der Waals surface area contributed by atoms with Crippen molar-refractivity contribution in [3.05, 3.63) is 59.3 Å². The molecule has 0 saturated carbocycles. The lowest BCUT2D eigenvalue weighted by molar-refractivity contribution is -0.126. The lowest BCUT2D eigenvalue weighted by Gasteiger charge is -2.19. The van der Waals surface area contributed by atoms with Crippen molar-refractivity contribution in [3.8, 4) is 5.75 Å². The van der Waals surface area contributed by atoms with Crippen molar-refractivity contribution in [2.45, 2.75) is 65.3 Å². The summed E-state index contributed by atoms with van der Waals surface area (Å²) >= 11 is 0. The number of aryl methyl sites for hydroxylation is 2. The Bertz CT molecular complexity index is 1200. The van der Waals surface area contributed by atoms with E-state index in [1.807, 2.05) is 56.3 Å². The first-order valence-corrected chi connectivity index (χ1v) is 12.1. The van der Waals surface area contributed by atoms with Crippen LogP contribution in [0, 0.1) is 13.8 Å². The third kappa shape index (κ3) is 7.18. The molecule has 0 bridgehead atoms. The molecule has 1 atom stereocenters. The van der Waals surface area contributed by atoms with Crippen LogP contribution in [0.1, 0.15) is 55.8 Å². The largest absolute Gasteiger partial charge is 0.497 e. The lowest BCUT2D eigenvalue weighted by atomic mass is 10.0. The Hall–Kier alpha value is -3.61. The third-order valence-electron chi connectivity index (χ3n) is 6.24. The Labute approximate surface area is 206 Å². The van der Waals surface area contributed by atoms with Gasteiger partial charge >= 0.3 is 0 Å². The van der Waals surface area contributed by atoms with E-state index in [1.54, 1.807) is 14.0 Å². The second-order valence-electron chi connectivity index (χ2n) is 9.04. The molecule has 1 heterocycles. The molecule has 186 valence electrons. The summed E-state index contributed by atoms with van der Waals surface area (Å²) in [6, 6.07) is 12.6. The van der Waals surface area contributed by atoms with E-state index < -0.39 is 6.04 Å². The summed E-state index contributed by atoms with van der Waals surface area (Å²) in [5, 5.41) is 6.84. The van der Waals surface area contributed by atoms with Crippen molar-refractivity contribution in [1.29, 1.82) is 0 Å². The fraction of sp³-hybridized carbons (Fsp3) is 0.393. The van der Waals surface area contributed by atoms with Crippen LogP contribution in [0.15, 0.2) is 42.5 Å². The number of ether oxygens (including phenoxy) is 1. The molecule has 0 fully saturated rings. The zero-order valence-electron chi connectivity index (χ0n) is 21.0. The normalized spacial score (nSPS) is 11.8. The van der Waals surface area contributed by atoms with Crippen LogP contribution < -0.4 is 15.4 Å². The zero-order chi connectivity index (χ0) is 25.4. The van der Waals surface area contributed by atoms with Crippen molar-refractivity contribution in [2.75, 3.05) is 12.4 Å². The molecule has 3 aromatic rings. The van der Waals surface area contributed by atoms with E-state index in [9.17, 15) is 14.4 Å². The molecule has 2 amide bonds. The molecule has 0 radical (unpaired) electrons. The Morgan fingerprint density at radius 3 is 2.51 bits per heavy atom. The number of carbonyl (C=O) groups excluding carboxylic acids is 3. The predicted octanol–water partition coefficient (Wildman–Crippen LogP) is 5.00. The summed E-state index contributed by atoms with van der Waals surface area (Å²) in [5.74, 6) is 0.430. The fourth-order valence-electron chi connectivity index (χ4n) is 4.22. The molecular weight excluding hydrogens is 442 g/mol. The van der Waals surface area contributed by atoms with Gasteiger partial charge in [-0.1, -0.05) is 31.0 Å². The molecule has 0 aliphatic heterocycles. The average Bonchev–Trinajstić information content (AvgIpc) is 3.13. The summed E-state index contributed by atoms with van der Waals surface area (Å²) in [7, 11) is 1.61. The average molecular weight is 478 g/mol. The number of methoxy groups -OCH3 is 1. The van der Waals surface area contributed by atoms with Crippen LogP contribution in [0.5, 0.6) is 5.75 Å². The summed E-state index contributed by atoms with van der Waals surface area (Å²) in [4.78, 5) is 40.8. The number of benzene rings is 2. The van der Waals surface area contributed by atoms with Gasteiger partial charge < -0.3 is 25.1 Å². The van der Waals surface area contributed by atoms with Gasteiger partial charge in [0, 0.05) is 28.7 Å². The highest BCUT2D eigenvalue weighted by Gasteiger charge is 2.22. The number of hydrogen-bond acceptors (Lipinski definition) is 4. The number of aromatic amines is 1. The quantitative estimate of drug-likeness (QED) is 0.320. The smallest absolute Gasteiger partial charge is 0.246 e. The van der Waals surface area contributed by atoms with E-state index in [2.05, 4.69) is 15.6 Å². The molecule has 3 N–H and O–H groups in total. The monoisotopic (exact) mass is 477 g/mol. The van der Waals surface area contributed by atoms with Crippen molar-refractivity contribution in [1.82, 2.24) is 10.3 Å². The van der Waals surface area contributed by atoms with E-state index in [0.29, 0.717) is 12.8 Å². The highest BCUT2D eigenvalue weighted by atomic mass is 16.5. The van der Waals surface area contributed by atoms with E-state index in [1.165, 1.54) is 0 Å². The number of fused-ring (bicyclic) bond motifs is 1. The number of Topliss-reactive ketones (excluding diaryl/α,β-unsaturated/α-hetero) is 1. The van der Waals surface area contributed by atoms with Crippen LogP contribution in [0.25, 0.3) is 10.9 Å². The molecule has 1 aromatic heterocycles. The summed E-state index contributed by atoms with van der Waals surface area (Å²) < 4.78 is 5.34. The maximum Gasteiger partial charge on any atom is 0.246 e. The number of para-hydroxylation sites is 1. The highest BCUT2D eigenvalue weighted by molar-refractivity contribution is 5.98. The third-order valence-corrected chi connectivity index (χ3v) is 6.24. The van der Waals surface area contributed by atoms with Crippen molar-refractivity contribution >= 4 is 34.2 Å². The SMILES string of the molecule is COc1ccc2[nH]c(C)c(CC(=O)N[C@@H](CCCCCC(C)=O)C(=O)Nc3ccccc3C)c2c1. The number of anilines is 1. The number of hydrogen-bond donors (Lipinski definition) is 3. The van der Waals surface area contributed by atoms with Gasteiger partial charge in [0.15, 0.2) is 0 Å². The molecule has 2 aromatic carbocycles. The number of H-pyrrole nitrogens is 1. The lowest BCUT2D eigenvalue weighted by Crippen LogP contribution is -2.44. The number of amides is 2. The van der Waals surface area contributed by atoms with Gasteiger partial charge in [-0.15, -0.1) is 0 Å². The minimum absolute atomic E-state index is 0.150. The van der Waals surface area contributed by atoms with Crippen LogP contribution in [-0.2, 0) is 20.8 Å². The molecule has 7 heteroatoms. The predicted molar refractivity (Wildman–Crippen MR) is 139 cm³/mol. The van der Waals surface area contributed by atoms with Crippen molar-refractivity contribution in [3.63, 3.8) is 0 Å². The number of rotatable bonds is 12. The van der Waals surface area contributed by atoms with Gasteiger partial charge in [0.25, 0.3) is 0 Å². The summed E-state index contributed by atoms with van der Waals surface area (Å²) in [6.07, 6.45) is 3.54. The number of aromatic nitrogens is 1. The van der Waals surface area contributed by atoms with E-state index in [0.717, 1.165) is 58.4 Å². The molecule has 0 unspecified atom stereocenters. The molecule has 0 spiro atoms. The minimum Gasteiger partial charge on any atom is -0.497 e. The Morgan fingerprint density at radius 2 is 1.80 bits per heavy atom. The number of ketones is 1. The Kier molecular flexibility index (Phi) is 9.06. The van der Waals surface area contributed by atoms with Gasteiger partial charge in [-0.3, -0.25) is 9.59 Å². The van der Waals surface area contributed by atoms with Gasteiger partial charge in [0.1, 0.15) is 17.6 Å². The summed E-state index contributed by atoms with van der Waals surface area (Å²) in [5.41, 5.74) is 4.42. The first-order valence-electron chi connectivity index (χ1n) is 12.1. The van der Waals surface area contributed by atoms with Gasteiger partial charge in [-0.25, -0.2) is 0 Å². The second-order valence-corrected chi connectivity index (χ2v) is 9.04. The van der Waals surface area contributed by atoms with Crippen molar-refractivity contribution in [2.24, 2.45) is 0 Å². The van der Waals surface area contributed by atoms with E-state index in [-0.39, 0.29) is 24.0 Å². The fourth-order valence-corrected chi connectivity index (χ4v) is 4.22. The van der Waals surface area contributed by atoms with Gasteiger partial charge in [0.05, 0.1) is 13.5 Å². The molecule has 0 saturated heterocycles. The number of unbranched alkanes of at least 4 members (excludes halogenated alkanes) is 2. The van der Waals surface area contributed by atoms with Crippen LogP contribution >= 0.6 is 0 Å². The van der Waals surface area contributed by atoms with Crippen LogP contribution in [0.4, 0.5) is 5.69 Å². The molecule has 3 rings (SSSR count). The molecule has 35 heavy (non-hydrogen) atoms. The Morgan fingerprint density at radius 1 is 1.03 bits per heavy atom. The molecule has 7 nitrogen and oxygen atoms in total. The summed E-state index contributed by atoms with van der Waals surface area (Å²) in [6.45, 7) is 5.45. The zero-order valence-corrected chi connectivity index (χ0v) is 21.0. The van der Waals surface area contributed by atoms with Crippen LogP contribution in [0.2, 0.25) is 0 Å². The standard InChI is InChI=1S/C28H35N3O4/c1-18-10-8-9-12-24(18)31-28(34)26(13-7-5-6-11-19(2)32)30-27(33)17-22-20(3)29-25-15-14-21(35-4)16-23(22)25/h8-10,12,14-16,26,29H,5-7,11,13,17H2,1-4H3,(H,30,33)(H,31,34)/t26-/m0/s1. The second kappa shape index (κ2) is 12.2.